The third-order valence-electron chi connectivity index (χ3n) is 3.39. The summed E-state index contributed by atoms with van der Waals surface area (Å²) in [6.07, 6.45) is -1.41. The third-order valence-corrected chi connectivity index (χ3v) is 3.39. The highest BCUT2D eigenvalue weighted by atomic mass is 19.4. The Labute approximate surface area is 102 Å². The van der Waals surface area contributed by atoms with E-state index in [0.29, 0.717) is 6.04 Å². The van der Waals surface area contributed by atoms with Crippen LogP contribution in [0, 0.1) is 0 Å². The highest BCUT2D eigenvalue weighted by Crippen LogP contribution is 2.28. The second kappa shape index (κ2) is 6.05. The van der Waals surface area contributed by atoms with Gasteiger partial charge in [-0.25, -0.2) is 0 Å². The molecule has 1 aliphatic rings. The van der Waals surface area contributed by atoms with Crippen LogP contribution in [0.4, 0.5) is 13.2 Å². The van der Waals surface area contributed by atoms with Gasteiger partial charge in [0.05, 0.1) is 6.54 Å². The van der Waals surface area contributed by atoms with E-state index in [1.807, 2.05) is 20.8 Å². The molecule has 5 heteroatoms. The van der Waals surface area contributed by atoms with Crippen molar-refractivity contribution < 1.29 is 13.2 Å². The minimum atomic E-state index is -4.10. The molecule has 0 aromatic heterocycles. The Morgan fingerprint density at radius 3 is 2.41 bits per heavy atom. The Kier molecular flexibility index (Phi) is 5.25. The molecule has 0 aromatic carbocycles. The van der Waals surface area contributed by atoms with Crippen LogP contribution in [0.2, 0.25) is 0 Å². The maximum atomic E-state index is 12.5. The first-order chi connectivity index (χ1) is 7.83. The van der Waals surface area contributed by atoms with E-state index in [4.69, 9.17) is 0 Å². The molecule has 2 atom stereocenters. The molecule has 0 radical (unpaired) electrons. The average molecular weight is 252 g/mol. The van der Waals surface area contributed by atoms with Gasteiger partial charge in [-0.2, -0.15) is 13.2 Å². The molecule has 0 spiro atoms. The van der Waals surface area contributed by atoms with Crippen LogP contribution in [-0.2, 0) is 0 Å². The molecular formula is C12H23F3N2. The van der Waals surface area contributed by atoms with Crippen molar-refractivity contribution >= 4 is 0 Å². The van der Waals surface area contributed by atoms with Crippen LogP contribution in [-0.4, -0.2) is 42.3 Å². The predicted octanol–water partition coefficient (Wildman–Crippen LogP) is 2.79. The summed E-state index contributed by atoms with van der Waals surface area (Å²) < 4.78 is 37.5. The average Bonchev–Trinajstić information content (AvgIpc) is 2.61. The van der Waals surface area contributed by atoms with E-state index < -0.39 is 12.7 Å². The highest BCUT2D eigenvalue weighted by molar-refractivity contribution is 4.88. The lowest BCUT2D eigenvalue weighted by molar-refractivity contribution is -0.155. The SMILES string of the molecule is CCNC1CCC(N(CC(F)(F)F)C(C)C)C1. The first-order valence-electron chi connectivity index (χ1n) is 6.39. The summed E-state index contributed by atoms with van der Waals surface area (Å²) in [6.45, 7) is 5.81. The first-order valence-corrected chi connectivity index (χ1v) is 6.39. The lowest BCUT2D eigenvalue weighted by Crippen LogP contribution is -2.45. The van der Waals surface area contributed by atoms with Crippen molar-refractivity contribution in [1.82, 2.24) is 10.2 Å². The van der Waals surface area contributed by atoms with Gasteiger partial charge in [-0.15, -0.1) is 0 Å². The van der Waals surface area contributed by atoms with Gasteiger partial charge in [0, 0.05) is 18.1 Å². The minimum Gasteiger partial charge on any atom is -0.314 e. The zero-order valence-electron chi connectivity index (χ0n) is 10.8. The molecule has 1 N–H and O–H groups in total. The Morgan fingerprint density at radius 1 is 1.29 bits per heavy atom. The first kappa shape index (κ1) is 14.8. The second-order valence-electron chi connectivity index (χ2n) is 5.10. The second-order valence-corrected chi connectivity index (χ2v) is 5.10. The van der Waals surface area contributed by atoms with Gasteiger partial charge in [-0.3, -0.25) is 4.90 Å². The van der Waals surface area contributed by atoms with Crippen molar-refractivity contribution in [3.05, 3.63) is 0 Å². The fraction of sp³-hybridized carbons (Fsp3) is 1.00. The van der Waals surface area contributed by atoms with Crippen molar-refractivity contribution in [3.8, 4) is 0 Å². The summed E-state index contributed by atoms with van der Waals surface area (Å²) in [4.78, 5) is 1.59. The molecule has 0 aliphatic heterocycles. The van der Waals surface area contributed by atoms with Crippen molar-refractivity contribution in [2.75, 3.05) is 13.1 Å². The summed E-state index contributed by atoms with van der Waals surface area (Å²) in [6, 6.07) is 0.405. The highest BCUT2D eigenvalue weighted by Gasteiger charge is 2.37. The van der Waals surface area contributed by atoms with Crippen LogP contribution < -0.4 is 5.32 Å². The van der Waals surface area contributed by atoms with E-state index in [0.717, 1.165) is 25.8 Å². The normalized spacial score (nSPS) is 26.1. The molecule has 1 rings (SSSR count). The number of alkyl halides is 3. The van der Waals surface area contributed by atoms with Crippen LogP contribution in [0.1, 0.15) is 40.0 Å². The number of nitrogens with zero attached hydrogens (tertiary/aromatic N) is 1. The topological polar surface area (TPSA) is 15.3 Å². The summed E-state index contributed by atoms with van der Waals surface area (Å²) in [5.74, 6) is 0. The molecular weight excluding hydrogens is 229 g/mol. The smallest absolute Gasteiger partial charge is 0.314 e. The van der Waals surface area contributed by atoms with Gasteiger partial charge < -0.3 is 5.32 Å². The zero-order chi connectivity index (χ0) is 13.1. The van der Waals surface area contributed by atoms with Gasteiger partial charge in [0.25, 0.3) is 0 Å². The zero-order valence-corrected chi connectivity index (χ0v) is 10.8. The van der Waals surface area contributed by atoms with E-state index >= 15 is 0 Å². The Balaban J connectivity index is 2.55. The fourth-order valence-corrected chi connectivity index (χ4v) is 2.67. The van der Waals surface area contributed by atoms with Crippen molar-refractivity contribution in [2.24, 2.45) is 0 Å². The van der Waals surface area contributed by atoms with E-state index in [9.17, 15) is 13.2 Å². The van der Waals surface area contributed by atoms with E-state index in [1.165, 1.54) is 0 Å². The van der Waals surface area contributed by atoms with Crippen molar-refractivity contribution in [1.29, 1.82) is 0 Å². The van der Waals surface area contributed by atoms with E-state index in [-0.39, 0.29) is 12.1 Å². The largest absolute Gasteiger partial charge is 0.401 e. The van der Waals surface area contributed by atoms with Crippen molar-refractivity contribution in [3.63, 3.8) is 0 Å². The number of hydrogen-bond acceptors (Lipinski definition) is 2. The number of halogens is 3. The van der Waals surface area contributed by atoms with Crippen LogP contribution in [0.5, 0.6) is 0 Å². The summed E-state index contributed by atoms with van der Waals surface area (Å²) in [7, 11) is 0. The number of hydrogen-bond donors (Lipinski definition) is 1. The van der Waals surface area contributed by atoms with Crippen molar-refractivity contribution in [2.45, 2.75) is 64.3 Å². The lowest BCUT2D eigenvalue weighted by atomic mass is 10.1. The van der Waals surface area contributed by atoms with Crippen LogP contribution in [0.25, 0.3) is 0 Å². The maximum absolute atomic E-state index is 12.5. The molecule has 102 valence electrons. The molecule has 1 saturated carbocycles. The van der Waals surface area contributed by atoms with Crippen LogP contribution >= 0.6 is 0 Å². The molecule has 2 nitrogen and oxygen atoms in total. The molecule has 0 heterocycles. The van der Waals surface area contributed by atoms with E-state index in [1.54, 1.807) is 4.90 Å². The monoisotopic (exact) mass is 252 g/mol. The molecule has 0 saturated heterocycles. The summed E-state index contributed by atoms with van der Waals surface area (Å²) in [5, 5.41) is 3.32. The third kappa shape index (κ3) is 4.84. The molecule has 1 fully saturated rings. The summed E-state index contributed by atoms with van der Waals surface area (Å²) >= 11 is 0. The molecule has 0 amide bonds. The molecule has 0 aromatic rings. The minimum absolute atomic E-state index is 0.0537. The molecule has 0 bridgehead atoms. The Hall–Kier alpha value is -0.290. The predicted molar refractivity (Wildman–Crippen MR) is 63.0 cm³/mol. The Bertz CT molecular complexity index is 228. The molecule has 1 aliphatic carbocycles. The number of nitrogens with one attached hydrogen (secondary N) is 1. The summed E-state index contributed by atoms with van der Waals surface area (Å²) in [5.41, 5.74) is 0. The molecule has 17 heavy (non-hydrogen) atoms. The van der Waals surface area contributed by atoms with Gasteiger partial charge >= 0.3 is 6.18 Å². The van der Waals surface area contributed by atoms with Gasteiger partial charge in [0.2, 0.25) is 0 Å². The number of rotatable bonds is 5. The van der Waals surface area contributed by atoms with Gasteiger partial charge in [0.15, 0.2) is 0 Å². The standard InChI is InChI=1S/C12H23F3N2/c1-4-16-10-5-6-11(7-10)17(9(2)3)8-12(13,14)15/h9-11,16H,4-8H2,1-3H3. The fourth-order valence-electron chi connectivity index (χ4n) is 2.67. The quantitative estimate of drug-likeness (QED) is 0.809. The van der Waals surface area contributed by atoms with Gasteiger partial charge in [-0.05, 0) is 39.7 Å². The van der Waals surface area contributed by atoms with Gasteiger partial charge in [0.1, 0.15) is 0 Å². The molecule has 2 unspecified atom stereocenters. The lowest BCUT2D eigenvalue weighted by Gasteiger charge is -2.33. The van der Waals surface area contributed by atoms with Crippen LogP contribution in [0.15, 0.2) is 0 Å². The van der Waals surface area contributed by atoms with Crippen LogP contribution in [0.3, 0.4) is 0 Å². The maximum Gasteiger partial charge on any atom is 0.401 e. The van der Waals surface area contributed by atoms with E-state index in [2.05, 4.69) is 5.32 Å². The Morgan fingerprint density at radius 2 is 1.94 bits per heavy atom. The van der Waals surface area contributed by atoms with Gasteiger partial charge in [-0.1, -0.05) is 6.92 Å².